The summed E-state index contributed by atoms with van der Waals surface area (Å²) in [5, 5.41) is 3.07. The van der Waals surface area contributed by atoms with Crippen LogP contribution in [0.1, 0.15) is 35.8 Å². The number of hydrogen-bond acceptors (Lipinski definition) is 3. The number of hydrogen-bond donors (Lipinski definition) is 1. The fourth-order valence-corrected chi connectivity index (χ4v) is 2.16. The Balaban J connectivity index is 2.15. The van der Waals surface area contributed by atoms with E-state index in [2.05, 4.69) is 24.1 Å². The van der Waals surface area contributed by atoms with Crippen LogP contribution in [0.25, 0.3) is 0 Å². The number of ether oxygens (including phenoxy) is 1. The van der Waals surface area contributed by atoms with Crippen molar-refractivity contribution in [1.29, 1.82) is 0 Å². The van der Waals surface area contributed by atoms with Crippen LogP contribution in [0, 0.1) is 5.92 Å². The largest absolute Gasteiger partial charge is 0.481 e. The van der Waals surface area contributed by atoms with Gasteiger partial charge in [0.1, 0.15) is 0 Å². The number of carbonyl (C=O) groups is 1. The van der Waals surface area contributed by atoms with Gasteiger partial charge in [0.25, 0.3) is 5.91 Å². The molecule has 1 aromatic carbocycles. The van der Waals surface area contributed by atoms with Crippen LogP contribution in [-0.2, 0) is 0 Å². The molecule has 0 bridgehead atoms. The highest BCUT2D eigenvalue weighted by atomic mass is 16.5. The minimum absolute atomic E-state index is 0.0270. The van der Waals surface area contributed by atoms with Crippen molar-refractivity contribution < 1.29 is 9.53 Å². The van der Waals surface area contributed by atoms with Gasteiger partial charge < -0.3 is 10.1 Å². The van der Waals surface area contributed by atoms with E-state index in [0.29, 0.717) is 17.4 Å². The molecule has 1 heterocycles. The molecular formula is C17H20N2O2. The first-order chi connectivity index (χ1) is 10.1. The highest BCUT2D eigenvalue weighted by molar-refractivity contribution is 5.94. The normalized spacial score (nSPS) is 12.0. The molecule has 1 N–H and O–H groups in total. The number of pyridine rings is 1. The molecule has 0 saturated heterocycles. The average Bonchev–Trinajstić information content (AvgIpc) is 2.53. The highest BCUT2D eigenvalue weighted by Gasteiger charge is 2.19. The van der Waals surface area contributed by atoms with Crippen molar-refractivity contribution in [3.63, 3.8) is 0 Å². The molecule has 1 atom stereocenters. The minimum Gasteiger partial charge on any atom is -0.481 e. The fraction of sp³-hybridized carbons (Fsp3) is 0.294. The van der Waals surface area contributed by atoms with Crippen LogP contribution in [0.3, 0.4) is 0 Å². The Morgan fingerprint density at radius 1 is 1.14 bits per heavy atom. The Morgan fingerprint density at radius 3 is 2.38 bits per heavy atom. The fourth-order valence-electron chi connectivity index (χ4n) is 2.16. The molecule has 2 rings (SSSR count). The summed E-state index contributed by atoms with van der Waals surface area (Å²) in [6.07, 6.45) is 1.52. The van der Waals surface area contributed by atoms with Crippen LogP contribution in [0.4, 0.5) is 0 Å². The van der Waals surface area contributed by atoms with Crippen LogP contribution in [0.15, 0.2) is 48.7 Å². The lowest BCUT2D eigenvalue weighted by atomic mass is 9.96. The lowest BCUT2D eigenvalue weighted by Gasteiger charge is -2.23. The predicted molar refractivity (Wildman–Crippen MR) is 82.3 cm³/mol. The van der Waals surface area contributed by atoms with Gasteiger partial charge >= 0.3 is 0 Å². The predicted octanol–water partition coefficient (Wildman–Crippen LogP) is 3.22. The van der Waals surface area contributed by atoms with Gasteiger partial charge in [0, 0.05) is 12.3 Å². The number of benzene rings is 1. The molecule has 1 amide bonds. The summed E-state index contributed by atoms with van der Waals surface area (Å²) >= 11 is 0. The topological polar surface area (TPSA) is 51.2 Å². The maximum absolute atomic E-state index is 12.3. The lowest BCUT2D eigenvalue weighted by Crippen LogP contribution is -2.31. The Kier molecular flexibility index (Phi) is 4.93. The van der Waals surface area contributed by atoms with E-state index in [-0.39, 0.29) is 11.9 Å². The van der Waals surface area contributed by atoms with Crippen LogP contribution in [0.5, 0.6) is 5.88 Å². The maximum atomic E-state index is 12.3. The molecule has 110 valence electrons. The number of amides is 1. The molecule has 0 fully saturated rings. The summed E-state index contributed by atoms with van der Waals surface area (Å²) < 4.78 is 4.99. The quantitative estimate of drug-likeness (QED) is 0.917. The molecule has 4 heteroatoms. The van der Waals surface area contributed by atoms with Crippen LogP contribution < -0.4 is 10.1 Å². The third-order valence-electron chi connectivity index (χ3n) is 3.32. The second-order valence-electron chi connectivity index (χ2n) is 5.20. The summed E-state index contributed by atoms with van der Waals surface area (Å²) in [5.41, 5.74) is 1.62. The summed E-state index contributed by atoms with van der Waals surface area (Å²) in [5.74, 6) is 0.658. The van der Waals surface area contributed by atoms with Gasteiger partial charge in [0.2, 0.25) is 5.88 Å². The maximum Gasteiger partial charge on any atom is 0.253 e. The molecule has 4 nitrogen and oxygen atoms in total. The van der Waals surface area contributed by atoms with Gasteiger partial charge in [0.15, 0.2) is 0 Å². The number of aromatic nitrogens is 1. The zero-order valence-corrected chi connectivity index (χ0v) is 12.5. The average molecular weight is 284 g/mol. The van der Waals surface area contributed by atoms with E-state index in [0.717, 1.165) is 5.56 Å². The van der Waals surface area contributed by atoms with E-state index in [9.17, 15) is 4.79 Å². The highest BCUT2D eigenvalue weighted by Crippen LogP contribution is 2.22. The molecule has 1 aromatic heterocycles. The summed E-state index contributed by atoms with van der Waals surface area (Å²) in [7, 11) is 1.55. The van der Waals surface area contributed by atoms with E-state index in [1.54, 1.807) is 19.2 Å². The van der Waals surface area contributed by atoms with Gasteiger partial charge in [-0.1, -0.05) is 44.2 Å². The number of methoxy groups -OCH3 is 1. The number of carbonyl (C=O) groups excluding carboxylic acids is 1. The van der Waals surface area contributed by atoms with Crippen molar-refractivity contribution >= 4 is 5.91 Å². The first-order valence-corrected chi connectivity index (χ1v) is 6.97. The number of nitrogens with one attached hydrogen (secondary N) is 1. The number of rotatable bonds is 5. The van der Waals surface area contributed by atoms with Crippen molar-refractivity contribution in [2.75, 3.05) is 7.11 Å². The van der Waals surface area contributed by atoms with Gasteiger partial charge in [0.05, 0.1) is 18.7 Å². The zero-order chi connectivity index (χ0) is 15.2. The Hall–Kier alpha value is -2.36. The molecule has 0 aliphatic carbocycles. The van der Waals surface area contributed by atoms with Crippen molar-refractivity contribution in [2.45, 2.75) is 19.9 Å². The molecule has 0 saturated carbocycles. The standard InChI is InChI=1S/C17H20N2O2/c1-12(2)16(13-7-5-4-6-8-13)19-17(20)14-9-10-15(21-3)18-11-14/h4-12,16H,1-3H3,(H,19,20). The minimum atomic E-state index is -0.132. The molecule has 0 radical (unpaired) electrons. The van der Waals surface area contributed by atoms with Crippen LogP contribution in [0.2, 0.25) is 0 Å². The van der Waals surface area contributed by atoms with Gasteiger partial charge in [-0.25, -0.2) is 4.98 Å². The van der Waals surface area contributed by atoms with Gasteiger partial charge in [-0.2, -0.15) is 0 Å². The molecule has 0 aliphatic rings. The second kappa shape index (κ2) is 6.88. The van der Waals surface area contributed by atoms with E-state index in [1.807, 2.05) is 30.3 Å². The third-order valence-corrected chi connectivity index (χ3v) is 3.32. The van der Waals surface area contributed by atoms with Crippen molar-refractivity contribution in [3.05, 3.63) is 59.8 Å². The smallest absolute Gasteiger partial charge is 0.253 e. The van der Waals surface area contributed by atoms with Crippen molar-refractivity contribution in [2.24, 2.45) is 5.92 Å². The van der Waals surface area contributed by atoms with Gasteiger partial charge in [-0.3, -0.25) is 4.79 Å². The molecule has 0 spiro atoms. The third kappa shape index (κ3) is 3.81. The molecule has 2 aromatic rings. The summed E-state index contributed by atoms with van der Waals surface area (Å²) in [6.45, 7) is 4.18. The van der Waals surface area contributed by atoms with E-state index >= 15 is 0 Å². The Morgan fingerprint density at radius 2 is 1.86 bits per heavy atom. The number of nitrogens with zero attached hydrogens (tertiary/aromatic N) is 1. The van der Waals surface area contributed by atoms with Gasteiger partial charge in [-0.05, 0) is 17.5 Å². The summed E-state index contributed by atoms with van der Waals surface area (Å²) in [4.78, 5) is 16.4. The molecule has 0 aliphatic heterocycles. The summed E-state index contributed by atoms with van der Waals surface area (Å²) in [6, 6.07) is 13.3. The van der Waals surface area contributed by atoms with Gasteiger partial charge in [-0.15, -0.1) is 0 Å². The second-order valence-corrected chi connectivity index (χ2v) is 5.20. The van der Waals surface area contributed by atoms with E-state index < -0.39 is 0 Å². The van der Waals surface area contributed by atoms with Crippen LogP contribution in [-0.4, -0.2) is 18.0 Å². The first kappa shape index (κ1) is 15.0. The Labute approximate surface area is 125 Å². The lowest BCUT2D eigenvalue weighted by molar-refractivity contribution is 0.0925. The van der Waals surface area contributed by atoms with Crippen molar-refractivity contribution in [1.82, 2.24) is 10.3 Å². The molecule has 1 unspecified atom stereocenters. The zero-order valence-electron chi connectivity index (χ0n) is 12.5. The monoisotopic (exact) mass is 284 g/mol. The van der Waals surface area contributed by atoms with Crippen LogP contribution >= 0.6 is 0 Å². The van der Waals surface area contributed by atoms with E-state index in [1.165, 1.54) is 6.20 Å². The molecular weight excluding hydrogens is 264 g/mol. The first-order valence-electron chi connectivity index (χ1n) is 6.97. The molecule has 21 heavy (non-hydrogen) atoms. The SMILES string of the molecule is COc1ccc(C(=O)NC(c2ccccc2)C(C)C)cn1. The van der Waals surface area contributed by atoms with Crippen molar-refractivity contribution in [3.8, 4) is 5.88 Å². The van der Waals surface area contributed by atoms with E-state index in [4.69, 9.17) is 4.74 Å². The Bertz CT molecular complexity index is 579.